The summed E-state index contributed by atoms with van der Waals surface area (Å²) in [4.78, 5) is 24.5. The number of benzene rings is 1. The van der Waals surface area contributed by atoms with Crippen LogP contribution in [0.4, 0.5) is 0 Å². The van der Waals surface area contributed by atoms with Crippen molar-refractivity contribution in [2.45, 2.75) is 26.2 Å². The van der Waals surface area contributed by atoms with Gasteiger partial charge in [-0.1, -0.05) is 12.1 Å². The van der Waals surface area contributed by atoms with Gasteiger partial charge in [0.2, 0.25) is 0 Å². The summed E-state index contributed by atoms with van der Waals surface area (Å²) in [5, 5.41) is 0. The summed E-state index contributed by atoms with van der Waals surface area (Å²) >= 11 is 0. The molecular weight excluding hydrogens is 272 g/mol. The number of hydrogen-bond donors (Lipinski definition) is 0. The summed E-state index contributed by atoms with van der Waals surface area (Å²) in [5.41, 5.74) is 1.68. The van der Waals surface area contributed by atoms with Crippen molar-refractivity contribution in [3.05, 3.63) is 29.3 Å². The van der Waals surface area contributed by atoms with Crippen LogP contribution in [-0.4, -0.2) is 32.3 Å². The Balaban J connectivity index is 2.42. The average molecular weight is 292 g/mol. The Labute approximate surface area is 124 Å². The van der Waals surface area contributed by atoms with Crippen molar-refractivity contribution >= 4 is 11.9 Å². The Morgan fingerprint density at radius 2 is 1.81 bits per heavy atom. The van der Waals surface area contributed by atoms with Crippen molar-refractivity contribution in [2.75, 3.05) is 20.3 Å². The van der Waals surface area contributed by atoms with E-state index in [-0.39, 0.29) is 12.6 Å². The van der Waals surface area contributed by atoms with Crippen LogP contribution >= 0.6 is 0 Å². The van der Waals surface area contributed by atoms with Crippen molar-refractivity contribution in [2.24, 2.45) is 5.92 Å². The summed E-state index contributed by atoms with van der Waals surface area (Å²) in [7, 11) is 1.55. The van der Waals surface area contributed by atoms with Crippen LogP contribution in [0.3, 0.4) is 0 Å². The van der Waals surface area contributed by atoms with Crippen LogP contribution in [0.2, 0.25) is 0 Å². The van der Waals surface area contributed by atoms with E-state index < -0.39 is 17.8 Å². The lowest BCUT2D eigenvalue weighted by Crippen LogP contribution is -2.28. The van der Waals surface area contributed by atoms with Crippen LogP contribution in [0.25, 0.3) is 0 Å². The molecule has 0 amide bonds. The van der Waals surface area contributed by atoms with E-state index in [1.165, 1.54) is 0 Å². The molecule has 0 heterocycles. The van der Waals surface area contributed by atoms with E-state index in [9.17, 15) is 9.59 Å². The fourth-order valence-corrected chi connectivity index (χ4v) is 2.84. The zero-order valence-corrected chi connectivity index (χ0v) is 12.5. The third kappa shape index (κ3) is 2.86. The lowest BCUT2D eigenvalue weighted by atomic mass is 9.92. The first-order valence-electron chi connectivity index (χ1n) is 7.13. The molecule has 0 N–H and O–H groups in total. The van der Waals surface area contributed by atoms with Crippen LogP contribution in [0.15, 0.2) is 18.2 Å². The van der Waals surface area contributed by atoms with E-state index in [2.05, 4.69) is 0 Å². The number of rotatable bonds is 5. The summed E-state index contributed by atoms with van der Waals surface area (Å²) in [6.07, 6.45) is 0.467. The maximum atomic E-state index is 12.3. The second-order valence-electron chi connectivity index (χ2n) is 4.83. The number of carbonyl (C=O) groups is 2. The highest BCUT2D eigenvalue weighted by atomic mass is 16.5. The summed E-state index contributed by atoms with van der Waals surface area (Å²) in [6, 6.07) is 5.55. The van der Waals surface area contributed by atoms with E-state index in [0.717, 1.165) is 11.1 Å². The molecule has 5 nitrogen and oxygen atoms in total. The van der Waals surface area contributed by atoms with Gasteiger partial charge >= 0.3 is 11.9 Å². The van der Waals surface area contributed by atoms with Crippen molar-refractivity contribution in [1.29, 1.82) is 0 Å². The van der Waals surface area contributed by atoms with Gasteiger partial charge in [0.05, 0.1) is 32.2 Å². The smallest absolute Gasteiger partial charge is 0.314 e. The van der Waals surface area contributed by atoms with Gasteiger partial charge < -0.3 is 14.2 Å². The molecule has 114 valence electrons. The Kier molecular flexibility index (Phi) is 4.83. The van der Waals surface area contributed by atoms with Gasteiger partial charge in [-0.3, -0.25) is 9.59 Å². The van der Waals surface area contributed by atoms with Crippen molar-refractivity contribution in [1.82, 2.24) is 0 Å². The molecule has 0 bridgehead atoms. The van der Waals surface area contributed by atoms with Gasteiger partial charge in [0.1, 0.15) is 5.75 Å². The van der Waals surface area contributed by atoms with Crippen molar-refractivity contribution < 1.29 is 23.8 Å². The molecule has 2 atom stereocenters. The molecular formula is C16H20O5. The number of esters is 2. The minimum atomic E-state index is -0.657. The van der Waals surface area contributed by atoms with Crippen LogP contribution in [0.1, 0.15) is 30.9 Å². The highest BCUT2D eigenvalue weighted by molar-refractivity contribution is 5.89. The fraction of sp³-hybridized carbons (Fsp3) is 0.500. The van der Waals surface area contributed by atoms with Gasteiger partial charge in [0, 0.05) is 5.56 Å². The Hall–Kier alpha value is -2.04. The zero-order chi connectivity index (χ0) is 15.4. The maximum Gasteiger partial charge on any atom is 0.314 e. The first kappa shape index (κ1) is 15.4. The molecule has 1 aliphatic carbocycles. The second-order valence-corrected chi connectivity index (χ2v) is 4.83. The molecule has 1 aromatic carbocycles. The van der Waals surface area contributed by atoms with Crippen molar-refractivity contribution in [3.8, 4) is 5.75 Å². The van der Waals surface area contributed by atoms with Gasteiger partial charge in [0.15, 0.2) is 0 Å². The third-order valence-electron chi connectivity index (χ3n) is 3.66. The quantitative estimate of drug-likeness (QED) is 0.778. The van der Waals surface area contributed by atoms with Crippen LogP contribution in [-0.2, 0) is 25.5 Å². The van der Waals surface area contributed by atoms with Crippen LogP contribution < -0.4 is 4.74 Å². The SMILES string of the molecule is CCOC(=O)C1Cc2cccc(OC)c2C1C(=O)OCC. The molecule has 1 aromatic rings. The molecule has 1 aliphatic rings. The van der Waals surface area contributed by atoms with E-state index in [1.807, 2.05) is 12.1 Å². The molecule has 2 rings (SSSR count). The largest absolute Gasteiger partial charge is 0.496 e. The number of carbonyl (C=O) groups excluding carboxylic acids is 2. The first-order valence-corrected chi connectivity index (χ1v) is 7.13. The molecule has 0 fully saturated rings. The number of ether oxygens (including phenoxy) is 3. The maximum absolute atomic E-state index is 12.3. The number of methoxy groups -OCH3 is 1. The van der Waals surface area contributed by atoms with Crippen LogP contribution in [0.5, 0.6) is 5.75 Å². The number of fused-ring (bicyclic) bond motifs is 1. The summed E-state index contributed by atoms with van der Waals surface area (Å²) in [5.74, 6) is -1.37. The lowest BCUT2D eigenvalue weighted by Gasteiger charge is -2.18. The third-order valence-corrected chi connectivity index (χ3v) is 3.66. The molecule has 21 heavy (non-hydrogen) atoms. The minimum Gasteiger partial charge on any atom is -0.496 e. The average Bonchev–Trinajstić information content (AvgIpc) is 2.87. The fourth-order valence-electron chi connectivity index (χ4n) is 2.84. The second kappa shape index (κ2) is 6.61. The van der Waals surface area contributed by atoms with Crippen molar-refractivity contribution in [3.63, 3.8) is 0 Å². The summed E-state index contributed by atoms with van der Waals surface area (Å²) < 4.78 is 15.6. The lowest BCUT2D eigenvalue weighted by molar-refractivity contribution is -0.156. The first-order chi connectivity index (χ1) is 10.1. The normalized spacial score (nSPS) is 19.8. The molecule has 0 aliphatic heterocycles. The van der Waals surface area contributed by atoms with Gasteiger partial charge in [-0.25, -0.2) is 0 Å². The standard InChI is InChI=1S/C16H20O5/c1-4-20-15(17)11-9-10-7-6-8-12(19-3)13(10)14(11)16(18)21-5-2/h6-8,11,14H,4-5,9H2,1-3H3. The molecule has 0 radical (unpaired) electrons. The van der Waals surface area contributed by atoms with E-state index in [0.29, 0.717) is 18.8 Å². The van der Waals surface area contributed by atoms with E-state index in [4.69, 9.17) is 14.2 Å². The monoisotopic (exact) mass is 292 g/mol. The predicted molar refractivity (Wildman–Crippen MR) is 76.2 cm³/mol. The zero-order valence-electron chi connectivity index (χ0n) is 12.5. The minimum absolute atomic E-state index is 0.273. The predicted octanol–water partition coefficient (Wildman–Crippen LogP) is 2.08. The number of hydrogen-bond acceptors (Lipinski definition) is 5. The molecule has 0 saturated heterocycles. The van der Waals surface area contributed by atoms with Crippen LogP contribution in [0, 0.1) is 5.92 Å². The molecule has 2 unspecified atom stereocenters. The Morgan fingerprint density at radius 3 is 2.43 bits per heavy atom. The highest BCUT2D eigenvalue weighted by Crippen LogP contribution is 2.44. The van der Waals surface area contributed by atoms with Gasteiger partial charge in [0.25, 0.3) is 0 Å². The van der Waals surface area contributed by atoms with E-state index >= 15 is 0 Å². The van der Waals surface area contributed by atoms with Gasteiger partial charge in [-0.15, -0.1) is 0 Å². The molecule has 0 saturated carbocycles. The molecule has 5 heteroatoms. The highest BCUT2D eigenvalue weighted by Gasteiger charge is 2.45. The summed E-state index contributed by atoms with van der Waals surface area (Å²) in [6.45, 7) is 4.06. The van der Waals surface area contributed by atoms with Gasteiger partial charge in [-0.05, 0) is 31.9 Å². The topological polar surface area (TPSA) is 61.8 Å². The molecule has 0 spiro atoms. The Morgan fingerprint density at radius 1 is 1.14 bits per heavy atom. The molecule has 0 aromatic heterocycles. The van der Waals surface area contributed by atoms with E-state index in [1.54, 1.807) is 27.0 Å². The van der Waals surface area contributed by atoms with Gasteiger partial charge in [-0.2, -0.15) is 0 Å². The Bertz CT molecular complexity index is 537.